The van der Waals surface area contributed by atoms with Crippen LogP contribution in [0.25, 0.3) is 0 Å². The van der Waals surface area contributed by atoms with Gasteiger partial charge in [-0.25, -0.2) is 0 Å². The van der Waals surface area contributed by atoms with Gasteiger partial charge in [-0.1, -0.05) is 0 Å². The fraction of sp³-hybridized carbons (Fsp3) is 0.316. The molecule has 0 saturated carbocycles. The molecule has 5 heteroatoms. The van der Waals surface area contributed by atoms with E-state index in [2.05, 4.69) is 0 Å². The van der Waals surface area contributed by atoms with E-state index in [1.54, 1.807) is 31.2 Å². The maximum atomic E-state index is 15.5. The standard InChI is InChI=1S/C19H21FO3Se/c1-2-23-18(22)19(20,24-16-11-7-4-8-12-16)17(21)14-13-15-9-5-3-6-10-15/h3-12,17,21H,2,13-14H2,1H3/t17-,19-/m0/s1. The average molecular weight is 395 g/mol. The van der Waals surface area contributed by atoms with Crippen molar-refractivity contribution in [3.63, 3.8) is 0 Å². The van der Waals surface area contributed by atoms with Crippen LogP contribution in [0.3, 0.4) is 0 Å². The van der Waals surface area contributed by atoms with Gasteiger partial charge >= 0.3 is 148 Å². The number of carbonyl (C=O) groups is 1. The fourth-order valence-electron chi connectivity index (χ4n) is 2.27. The second-order valence-electron chi connectivity index (χ2n) is 5.32. The van der Waals surface area contributed by atoms with E-state index in [0.717, 1.165) is 5.56 Å². The summed E-state index contributed by atoms with van der Waals surface area (Å²) in [6, 6.07) is 18.4. The Labute approximate surface area is 148 Å². The summed E-state index contributed by atoms with van der Waals surface area (Å²) in [5.41, 5.74) is 0.995. The minimum absolute atomic E-state index is 0.0841. The van der Waals surface area contributed by atoms with Crippen molar-refractivity contribution in [2.75, 3.05) is 6.61 Å². The number of benzene rings is 2. The Morgan fingerprint density at radius 3 is 2.33 bits per heavy atom. The predicted molar refractivity (Wildman–Crippen MR) is 93.1 cm³/mol. The Hall–Kier alpha value is -1.68. The summed E-state index contributed by atoms with van der Waals surface area (Å²) in [5.74, 6) is -0.977. The van der Waals surface area contributed by atoms with Crippen LogP contribution in [0.5, 0.6) is 0 Å². The second-order valence-corrected chi connectivity index (χ2v) is 7.98. The van der Waals surface area contributed by atoms with Crippen LogP contribution in [0.2, 0.25) is 0 Å². The van der Waals surface area contributed by atoms with E-state index >= 15 is 4.39 Å². The first kappa shape index (κ1) is 18.7. The maximum absolute atomic E-state index is 15.5. The molecule has 24 heavy (non-hydrogen) atoms. The number of ether oxygens (including phenoxy) is 1. The van der Waals surface area contributed by atoms with E-state index < -0.39 is 31.6 Å². The molecular formula is C19H21FO3Se. The molecule has 0 unspecified atom stereocenters. The third-order valence-electron chi connectivity index (χ3n) is 3.54. The van der Waals surface area contributed by atoms with Gasteiger partial charge in [-0.3, -0.25) is 0 Å². The number of carbonyl (C=O) groups excluding carboxylic acids is 1. The van der Waals surface area contributed by atoms with Gasteiger partial charge in [0.25, 0.3) is 0 Å². The molecule has 0 radical (unpaired) electrons. The average Bonchev–Trinajstić information content (AvgIpc) is 2.61. The van der Waals surface area contributed by atoms with Crippen LogP contribution in [0.1, 0.15) is 18.9 Å². The summed E-state index contributed by atoms with van der Waals surface area (Å²) >= 11 is -0.878. The normalized spacial score (nSPS) is 14.6. The molecule has 0 aliphatic rings. The molecule has 0 bridgehead atoms. The van der Waals surface area contributed by atoms with Crippen LogP contribution in [-0.4, -0.2) is 43.3 Å². The number of esters is 1. The van der Waals surface area contributed by atoms with Gasteiger partial charge in [0.2, 0.25) is 0 Å². The zero-order chi connectivity index (χ0) is 17.4. The fourth-order valence-corrected chi connectivity index (χ4v) is 4.44. The number of alkyl halides is 1. The molecule has 2 aromatic rings. The molecule has 0 amide bonds. The number of hydrogen-bond acceptors (Lipinski definition) is 3. The Balaban J connectivity index is 2.13. The zero-order valence-corrected chi connectivity index (χ0v) is 15.2. The monoisotopic (exact) mass is 396 g/mol. The molecule has 0 aliphatic carbocycles. The number of hydrogen-bond donors (Lipinski definition) is 1. The van der Waals surface area contributed by atoms with Crippen LogP contribution < -0.4 is 4.46 Å². The van der Waals surface area contributed by atoms with E-state index in [-0.39, 0.29) is 13.0 Å². The first-order valence-electron chi connectivity index (χ1n) is 7.88. The van der Waals surface area contributed by atoms with Gasteiger partial charge in [-0.05, 0) is 0 Å². The van der Waals surface area contributed by atoms with Crippen molar-refractivity contribution >= 4 is 25.4 Å². The van der Waals surface area contributed by atoms with Crippen molar-refractivity contribution in [3.8, 4) is 0 Å². The molecule has 0 fully saturated rings. The second kappa shape index (κ2) is 8.97. The van der Waals surface area contributed by atoms with Gasteiger partial charge in [0.15, 0.2) is 0 Å². The van der Waals surface area contributed by atoms with Crippen molar-refractivity contribution < 1.29 is 19.0 Å². The van der Waals surface area contributed by atoms with E-state index in [1.165, 1.54) is 0 Å². The van der Waals surface area contributed by atoms with Gasteiger partial charge in [-0.15, -0.1) is 0 Å². The first-order chi connectivity index (χ1) is 11.6. The van der Waals surface area contributed by atoms with Crippen molar-refractivity contribution in [1.29, 1.82) is 0 Å². The van der Waals surface area contributed by atoms with E-state index in [9.17, 15) is 9.90 Å². The third-order valence-corrected chi connectivity index (χ3v) is 6.15. The van der Waals surface area contributed by atoms with Gasteiger partial charge in [0, 0.05) is 0 Å². The van der Waals surface area contributed by atoms with E-state index in [1.807, 2.05) is 36.4 Å². The van der Waals surface area contributed by atoms with Crippen molar-refractivity contribution in [3.05, 3.63) is 66.2 Å². The molecule has 0 saturated heterocycles. The zero-order valence-electron chi connectivity index (χ0n) is 13.5. The molecule has 0 aromatic heterocycles. The third kappa shape index (κ3) is 4.91. The van der Waals surface area contributed by atoms with Gasteiger partial charge in [-0.2, -0.15) is 0 Å². The quantitative estimate of drug-likeness (QED) is 0.551. The number of aliphatic hydroxyl groups is 1. The summed E-state index contributed by atoms with van der Waals surface area (Å²) in [5, 5.41) is 10.4. The first-order valence-corrected chi connectivity index (χ1v) is 9.59. The minimum atomic E-state index is -2.39. The number of aryl methyl sites for hydroxylation is 1. The molecule has 2 aromatic carbocycles. The van der Waals surface area contributed by atoms with E-state index in [0.29, 0.717) is 10.9 Å². The topological polar surface area (TPSA) is 46.5 Å². The SMILES string of the molecule is CCOC(=O)[C@@](F)([Se]c1ccccc1)[C@@H](O)CCc1ccccc1. The molecular weight excluding hydrogens is 374 g/mol. The van der Waals surface area contributed by atoms with Crippen molar-refractivity contribution in [2.24, 2.45) is 0 Å². The molecule has 3 nitrogen and oxygen atoms in total. The Kier molecular flexibility index (Phi) is 6.98. The summed E-state index contributed by atoms with van der Waals surface area (Å²) < 4.78 is 18.7. The number of halogens is 1. The van der Waals surface area contributed by atoms with E-state index in [4.69, 9.17) is 4.74 Å². The summed E-state index contributed by atoms with van der Waals surface area (Å²) in [6.07, 6.45) is -0.747. The van der Waals surface area contributed by atoms with Crippen LogP contribution in [0.4, 0.5) is 4.39 Å². The Morgan fingerprint density at radius 1 is 1.17 bits per heavy atom. The summed E-state index contributed by atoms with van der Waals surface area (Å²) in [7, 11) is 0. The number of aliphatic hydroxyl groups excluding tert-OH is 1. The van der Waals surface area contributed by atoms with Crippen LogP contribution in [0.15, 0.2) is 60.7 Å². The van der Waals surface area contributed by atoms with Crippen molar-refractivity contribution in [1.82, 2.24) is 0 Å². The Bertz CT molecular complexity index is 636. The predicted octanol–water partition coefficient (Wildman–Crippen LogP) is 2.24. The molecule has 0 heterocycles. The Morgan fingerprint density at radius 2 is 1.75 bits per heavy atom. The molecule has 2 rings (SSSR count). The van der Waals surface area contributed by atoms with Gasteiger partial charge in [0.1, 0.15) is 0 Å². The molecule has 128 valence electrons. The van der Waals surface area contributed by atoms with Crippen LogP contribution in [-0.2, 0) is 16.0 Å². The molecule has 1 N–H and O–H groups in total. The van der Waals surface area contributed by atoms with Crippen LogP contribution in [0, 0.1) is 0 Å². The summed E-state index contributed by atoms with van der Waals surface area (Å²) in [4.78, 5) is 12.2. The van der Waals surface area contributed by atoms with Gasteiger partial charge in [0.05, 0.1) is 0 Å². The molecule has 0 aliphatic heterocycles. The molecule has 2 atom stereocenters. The number of rotatable bonds is 8. The summed E-state index contributed by atoms with van der Waals surface area (Å²) in [6.45, 7) is 1.71. The van der Waals surface area contributed by atoms with Gasteiger partial charge < -0.3 is 0 Å². The molecule has 0 spiro atoms. The van der Waals surface area contributed by atoms with Crippen molar-refractivity contribution in [2.45, 2.75) is 30.4 Å². The van der Waals surface area contributed by atoms with Crippen LogP contribution >= 0.6 is 0 Å².